The van der Waals surface area contributed by atoms with Crippen LogP contribution in [0.25, 0.3) is 0 Å². The molecule has 0 fully saturated rings. The summed E-state index contributed by atoms with van der Waals surface area (Å²) in [6.45, 7) is 0.180. The Labute approximate surface area is 141 Å². The maximum Gasteiger partial charge on any atom is 0.490 e. The normalized spacial score (nSPS) is 15.5. The number of likely N-dealkylation sites (N-methyl/N-ethyl adjacent to an activating group) is 2. The first-order valence-corrected chi connectivity index (χ1v) is 7.28. The van der Waals surface area contributed by atoms with E-state index in [2.05, 4.69) is 10.1 Å². The molecule has 1 aliphatic heterocycles. The number of halogens is 3. The fraction of sp³-hybridized carbons (Fsp3) is 0.571. The minimum absolute atomic E-state index is 0.165. The Morgan fingerprint density at radius 1 is 1.28 bits per heavy atom. The molecule has 0 saturated heterocycles. The van der Waals surface area contributed by atoms with Gasteiger partial charge in [0.05, 0.1) is 0 Å². The van der Waals surface area contributed by atoms with E-state index in [1.165, 1.54) is 7.05 Å². The lowest BCUT2D eigenvalue weighted by molar-refractivity contribution is -0.206. The first kappa shape index (κ1) is 20.6. The molecule has 3 amide bonds. The van der Waals surface area contributed by atoms with Crippen LogP contribution in [-0.4, -0.2) is 79.5 Å². The molecule has 0 bridgehead atoms. The first-order valence-electron chi connectivity index (χ1n) is 7.28. The molecule has 25 heavy (non-hydrogen) atoms. The lowest BCUT2D eigenvalue weighted by Crippen LogP contribution is -2.45. The van der Waals surface area contributed by atoms with Crippen LogP contribution < -0.4 is 5.32 Å². The maximum absolute atomic E-state index is 12.4. The third-order valence-corrected chi connectivity index (χ3v) is 3.35. The molecule has 8 nitrogen and oxygen atoms in total. The fourth-order valence-electron chi connectivity index (χ4n) is 1.96. The monoisotopic (exact) mass is 365 g/mol. The number of amides is 3. The standard InChI is InChI=1S/C14H18F3N3O5/c1-18-6-8-19(2)12(23)9(25-13(24)14(15,16)17)5-7-20-10(21)3-4-11(20)22/h3-4,9,18H,5-8H2,1-2H3. The van der Waals surface area contributed by atoms with E-state index in [1.54, 1.807) is 7.05 Å². The van der Waals surface area contributed by atoms with E-state index in [4.69, 9.17) is 0 Å². The molecule has 1 aliphatic rings. The average molecular weight is 365 g/mol. The minimum atomic E-state index is -5.26. The molecule has 0 saturated carbocycles. The Balaban J connectivity index is 2.80. The van der Waals surface area contributed by atoms with E-state index in [1.807, 2.05) is 0 Å². The molecule has 11 heteroatoms. The Hall–Kier alpha value is -2.43. The van der Waals surface area contributed by atoms with Gasteiger partial charge in [0, 0.05) is 45.3 Å². The van der Waals surface area contributed by atoms with E-state index in [-0.39, 0.29) is 13.1 Å². The third kappa shape index (κ3) is 5.85. The summed E-state index contributed by atoms with van der Waals surface area (Å²) in [4.78, 5) is 48.0. The first-order chi connectivity index (χ1) is 11.6. The average Bonchev–Trinajstić information content (AvgIpc) is 2.85. The molecule has 0 aromatic rings. The molecule has 140 valence electrons. The number of rotatable bonds is 8. The van der Waals surface area contributed by atoms with Crippen molar-refractivity contribution in [3.8, 4) is 0 Å². The Kier molecular flexibility index (Phi) is 7.09. The molecular weight excluding hydrogens is 347 g/mol. The van der Waals surface area contributed by atoms with Gasteiger partial charge in [0.1, 0.15) is 0 Å². The molecule has 0 radical (unpaired) electrons. The number of nitrogens with zero attached hydrogens (tertiary/aromatic N) is 2. The molecule has 1 atom stereocenters. The topological polar surface area (TPSA) is 96.0 Å². The van der Waals surface area contributed by atoms with Gasteiger partial charge in [-0.3, -0.25) is 19.3 Å². The summed E-state index contributed by atoms with van der Waals surface area (Å²) < 4.78 is 41.5. The van der Waals surface area contributed by atoms with Crippen molar-refractivity contribution in [2.45, 2.75) is 18.7 Å². The number of nitrogens with one attached hydrogen (secondary N) is 1. The molecule has 0 aromatic carbocycles. The van der Waals surface area contributed by atoms with Gasteiger partial charge < -0.3 is 15.0 Å². The summed E-state index contributed by atoms with van der Waals surface area (Å²) in [7, 11) is 2.96. The predicted octanol–water partition coefficient (Wildman–Crippen LogP) is -0.547. The summed E-state index contributed by atoms with van der Waals surface area (Å²) in [5, 5.41) is 2.76. The van der Waals surface area contributed by atoms with Gasteiger partial charge in [-0.05, 0) is 7.05 Å². The molecule has 0 aromatic heterocycles. The van der Waals surface area contributed by atoms with Gasteiger partial charge >= 0.3 is 12.1 Å². The zero-order chi connectivity index (χ0) is 19.2. The smallest absolute Gasteiger partial charge is 0.446 e. The van der Waals surface area contributed by atoms with Crippen LogP contribution in [0.2, 0.25) is 0 Å². The number of ether oxygens (including phenoxy) is 1. The van der Waals surface area contributed by atoms with Crippen molar-refractivity contribution in [3.05, 3.63) is 12.2 Å². The van der Waals surface area contributed by atoms with E-state index in [0.717, 1.165) is 22.0 Å². The van der Waals surface area contributed by atoms with E-state index in [9.17, 15) is 32.3 Å². The largest absolute Gasteiger partial charge is 0.490 e. The second kappa shape index (κ2) is 8.60. The second-order valence-corrected chi connectivity index (χ2v) is 5.21. The summed E-state index contributed by atoms with van der Waals surface area (Å²) in [6, 6.07) is 0. The Morgan fingerprint density at radius 2 is 1.84 bits per heavy atom. The number of imide groups is 1. The lowest BCUT2D eigenvalue weighted by atomic mass is 10.2. The highest BCUT2D eigenvalue weighted by Gasteiger charge is 2.44. The SMILES string of the molecule is CNCCN(C)C(=O)C(CCN1C(=O)C=CC1=O)OC(=O)C(F)(F)F. The van der Waals surface area contributed by atoms with Crippen molar-refractivity contribution in [1.82, 2.24) is 15.1 Å². The van der Waals surface area contributed by atoms with Gasteiger partial charge in [0.25, 0.3) is 17.7 Å². The van der Waals surface area contributed by atoms with Crippen LogP contribution in [0, 0.1) is 0 Å². The van der Waals surface area contributed by atoms with Gasteiger partial charge in [-0.15, -0.1) is 0 Å². The van der Waals surface area contributed by atoms with Crippen molar-refractivity contribution < 1.29 is 37.1 Å². The molecule has 1 N–H and O–H groups in total. The lowest BCUT2D eigenvalue weighted by Gasteiger charge is -2.25. The second-order valence-electron chi connectivity index (χ2n) is 5.21. The summed E-state index contributed by atoms with van der Waals surface area (Å²) >= 11 is 0. The van der Waals surface area contributed by atoms with Crippen molar-refractivity contribution in [1.29, 1.82) is 0 Å². The van der Waals surface area contributed by atoms with Crippen molar-refractivity contribution in [3.63, 3.8) is 0 Å². The molecule has 1 rings (SSSR count). The van der Waals surface area contributed by atoms with Crippen LogP contribution in [0.5, 0.6) is 0 Å². The number of esters is 1. The zero-order valence-electron chi connectivity index (χ0n) is 13.6. The van der Waals surface area contributed by atoms with Gasteiger partial charge in [-0.25, -0.2) is 4.79 Å². The summed E-state index contributed by atoms with van der Waals surface area (Å²) in [6.07, 6.45) is -5.47. The summed E-state index contributed by atoms with van der Waals surface area (Å²) in [5.74, 6) is -4.67. The third-order valence-electron chi connectivity index (χ3n) is 3.35. The van der Waals surface area contributed by atoms with Crippen LogP contribution in [0.4, 0.5) is 13.2 Å². The van der Waals surface area contributed by atoms with E-state index < -0.39 is 42.4 Å². The van der Waals surface area contributed by atoms with Gasteiger partial charge in [-0.2, -0.15) is 13.2 Å². The quantitative estimate of drug-likeness (QED) is 0.458. The van der Waals surface area contributed by atoms with E-state index >= 15 is 0 Å². The van der Waals surface area contributed by atoms with Crippen LogP contribution >= 0.6 is 0 Å². The molecule has 1 unspecified atom stereocenters. The molecular formula is C14H18F3N3O5. The molecule has 1 heterocycles. The van der Waals surface area contributed by atoms with Crippen molar-refractivity contribution >= 4 is 23.7 Å². The van der Waals surface area contributed by atoms with Crippen molar-refractivity contribution in [2.75, 3.05) is 33.7 Å². The van der Waals surface area contributed by atoms with Crippen LogP contribution in [0.3, 0.4) is 0 Å². The fourth-order valence-corrected chi connectivity index (χ4v) is 1.96. The van der Waals surface area contributed by atoms with Gasteiger partial charge in [-0.1, -0.05) is 0 Å². The number of alkyl halides is 3. The Morgan fingerprint density at radius 3 is 2.32 bits per heavy atom. The van der Waals surface area contributed by atoms with Gasteiger partial charge in [0.15, 0.2) is 6.10 Å². The predicted molar refractivity (Wildman–Crippen MR) is 78.0 cm³/mol. The van der Waals surface area contributed by atoms with Crippen LogP contribution in [0.1, 0.15) is 6.42 Å². The number of carbonyl (C=O) groups excluding carboxylic acids is 4. The van der Waals surface area contributed by atoms with Gasteiger partial charge in [0.2, 0.25) is 0 Å². The summed E-state index contributed by atoms with van der Waals surface area (Å²) in [5.41, 5.74) is 0. The number of hydrogen-bond donors (Lipinski definition) is 1. The highest BCUT2D eigenvalue weighted by atomic mass is 19.4. The number of hydrogen-bond acceptors (Lipinski definition) is 6. The minimum Gasteiger partial charge on any atom is -0.446 e. The highest BCUT2D eigenvalue weighted by molar-refractivity contribution is 6.12. The maximum atomic E-state index is 12.4. The highest BCUT2D eigenvalue weighted by Crippen LogP contribution is 2.19. The zero-order valence-corrected chi connectivity index (χ0v) is 13.6. The van der Waals surface area contributed by atoms with Crippen LogP contribution in [0.15, 0.2) is 12.2 Å². The van der Waals surface area contributed by atoms with Crippen molar-refractivity contribution in [2.24, 2.45) is 0 Å². The molecule has 0 spiro atoms. The molecule has 0 aliphatic carbocycles. The van der Waals surface area contributed by atoms with E-state index in [0.29, 0.717) is 6.54 Å². The van der Waals surface area contributed by atoms with Crippen LogP contribution in [-0.2, 0) is 23.9 Å². The Bertz CT molecular complexity index is 559. The number of carbonyl (C=O) groups is 4.